The molecule has 0 aromatic heterocycles. The van der Waals surface area contributed by atoms with Crippen LogP contribution in [0.5, 0.6) is 0 Å². The van der Waals surface area contributed by atoms with Gasteiger partial charge in [-0.1, -0.05) is 31.4 Å². The molecule has 0 heterocycles. The molecular formula is C14H22N2O. The van der Waals surface area contributed by atoms with Crippen molar-refractivity contribution in [3.63, 3.8) is 0 Å². The first kappa shape index (κ1) is 12.4. The first-order chi connectivity index (χ1) is 8.38. The number of anilines is 1. The summed E-state index contributed by atoms with van der Waals surface area (Å²) in [6.45, 7) is 1.59. The number of nitrogen functional groups attached to an aromatic ring is 1. The van der Waals surface area contributed by atoms with Crippen LogP contribution in [0.2, 0.25) is 0 Å². The molecule has 17 heavy (non-hydrogen) atoms. The molecule has 1 fully saturated rings. The number of benzene rings is 1. The number of hydrogen-bond acceptors (Lipinski definition) is 3. The van der Waals surface area contributed by atoms with Gasteiger partial charge in [0.25, 0.3) is 0 Å². The highest BCUT2D eigenvalue weighted by atomic mass is 16.5. The first-order valence-corrected chi connectivity index (χ1v) is 6.52. The van der Waals surface area contributed by atoms with E-state index in [1.807, 2.05) is 18.2 Å². The number of nitrogens with two attached hydrogens (primary N) is 1. The summed E-state index contributed by atoms with van der Waals surface area (Å²) in [6.07, 6.45) is 6.83. The van der Waals surface area contributed by atoms with Crippen molar-refractivity contribution in [1.82, 2.24) is 0 Å². The minimum atomic E-state index is 0.687. The van der Waals surface area contributed by atoms with Crippen LogP contribution in [0, 0.1) is 5.92 Å². The lowest BCUT2D eigenvalue weighted by Gasteiger charge is -2.21. The van der Waals surface area contributed by atoms with E-state index in [1.54, 1.807) is 0 Å². The summed E-state index contributed by atoms with van der Waals surface area (Å²) in [5.41, 5.74) is 4.76. The number of rotatable bonds is 5. The lowest BCUT2D eigenvalue weighted by molar-refractivity contribution is 0.0739. The molecule has 0 atom stereocenters. The highest BCUT2D eigenvalue weighted by Gasteiger charge is 2.13. The molecule has 0 bridgehead atoms. The molecule has 1 aromatic carbocycles. The third-order valence-electron chi connectivity index (χ3n) is 3.44. The van der Waals surface area contributed by atoms with Gasteiger partial charge in [-0.15, -0.1) is 0 Å². The van der Waals surface area contributed by atoms with Crippen LogP contribution in [0.25, 0.3) is 0 Å². The molecule has 0 unspecified atom stereocenters. The molecular weight excluding hydrogens is 212 g/mol. The van der Waals surface area contributed by atoms with Gasteiger partial charge < -0.3 is 10.2 Å². The van der Waals surface area contributed by atoms with Gasteiger partial charge in [0.05, 0.1) is 6.61 Å². The van der Waals surface area contributed by atoms with E-state index >= 15 is 0 Å². The van der Waals surface area contributed by atoms with Gasteiger partial charge in [0.15, 0.2) is 0 Å². The van der Waals surface area contributed by atoms with Crippen molar-refractivity contribution < 1.29 is 4.74 Å². The van der Waals surface area contributed by atoms with Crippen LogP contribution in [0.4, 0.5) is 5.69 Å². The molecule has 0 aliphatic heterocycles. The van der Waals surface area contributed by atoms with Gasteiger partial charge in [0.2, 0.25) is 0 Å². The maximum absolute atomic E-state index is 5.79. The van der Waals surface area contributed by atoms with Crippen LogP contribution in [-0.2, 0) is 11.3 Å². The summed E-state index contributed by atoms with van der Waals surface area (Å²) in [4.78, 5) is 0. The van der Waals surface area contributed by atoms with Gasteiger partial charge in [-0.3, -0.25) is 5.84 Å². The highest BCUT2D eigenvalue weighted by molar-refractivity contribution is 5.44. The van der Waals surface area contributed by atoms with E-state index in [4.69, 9.17) is 10.6 Å². The average molecular weight is 234 g/mol. The van der Waals surface area contributed by atoms with Crippen molar-refractivity contribution in [3.8, 4) is 0 Å². The Morgan fingerprint density at radius 2 is 2.06 bits per heavy atom. The second kappa shape index (κ2) is 6.62. The maximum atomic E-state index is 5.79. The monoisotopic (exact) mass is 234 g/mol. The zero-order valence-electron chi connectivity index (χ0n) is 10.3. The van der Waals surface area contributed by atoms with E-state index in [1.165, 1.54) is 37.7 Å². The first-order valence-electron chi connectivity index (χ1n) is 6.52. The van der Waals surface area contributed by atoms with Crippen LogP contribution in [0.3, 0.4) is 0 Å². The Balaban J connectivity index is 1.73. The third-order valence-corrected chi connectivity index (χ3v) is 3.44. The van der Waals surface area contributed by atoms with Crippen molar-refractivity contribution in [2.24, 2.45) is 11.8 Å². The Labute approximate surface area is 103 Å². The molecule has 0 amide bonds. The summed E-state index contributed by atoms with van der Waals surface area (Å²) in [7, 11) is 0. The smallest absolute Gasteiger partial charge is 0.0717 e. The third kappa shape index (κ3) is 4.02. The molecule has 0 radical (unpaired) electrons. The van der Waals surface area contributed by atoms with Crippen LogP contribution in [0.15, 0.2) is 24.3 Å². The van der Waals surface area contributed by atoms with E-state index in [0.717, 1.165) is 18.2 Å². The Kier molecular flexibility index (Phi) is 4.83. The molecule has 3 heteroatoms. The van der Waals surface area contributed by atoms with Crippen molar-refractivity contribution >= 4 is 5.69 Å². The lowest BCUT2D eigenvalue weighted by Crippen LogP contribution is -2.13. The van der Waals surface area contributed by atoms with Gasteiger partial charge in [-0.25, -0.2) is 0 Å². The van der Waals surface area contributed by atoms with E-state index in [9.17, 15) is 0 Å². The van der Waals surface area contributed by atoms with E-state index < -0.39 is 0 Å². The van der Waals surface area contributed by atoms with Gasteiger partial charge in [0.1, 0.15) is 0 Å². The summed E-state index contributed by atoms with van der Waals surface area (Å²) >= 11 is 0. The minimum Gasteiger partial charge on any atom is -0.376 e. The summed E-state index contributed by atoms with van der Waals surface area (Å²) in [5, 5.41) is 0. The Bertz CT molecular complexity index is 335. The fourth-order valence-electron chi connectivity index (χ4n) is 2.45. The number of hydrazine groups is 1. The zero-order valence-corrected chi connectivity index (χ0v) is 10.3. The van der Waals surface area contributed by atoms with Crippen LogP contribution < -0.4 is 11.3 Å². The fourth-order valence-corrected chi connectivity index (χ4v) is 2.45. The molecule has 3 N–H and O–H groups in total. The quantitative estimate of drug-likeness (QED) is 0.608. The summed E-state index contributed by atoms with van der Waals surface area (Å²) in [6, 6.07) is 8.04. The fraction of sp³-hybridized carbons (Fsp3) is 0.571. The molecule has 3 nitrogen and oxygen atoms in total. The standard InChI is InChI=1S/C14H22N2O/c15-16-14-8-4-7-13(9-14)11-17-10-12-5-2-1-3-6-12/h4,7-9,12,16H,1-3,5-6,10-11,15H2. The van der Waals surface area contributed by atoms with Crippen molar-refractivity contribution in [1.29, 1.82) is 0 Å². The molecule has 0 saturated heterocycles. The van der Waals surface area contributed by atoms with Gasteiger partial charge in [-0.05, 0) is 36.5 Å². The number of ether oxygens (including phenoxy) is 1. The largest absolute Gasteiger partial charge is 0.376 e. The van der Waals surface area contributed by atoms with Crippen molar-refractivity contribution in [3.05, 3.63) is 29.8 Å². The van der Waals surface area contributed by atoms with Crippen LogP contribution in [-0.4, -0.2) is 6.61 Å². The predicted octanol–water partition coefficient (Wildman–Crippen LogP) is 3.07. The molecule has 2 rings (SSSR count). The topological polar surface area (TPSA) is 47.3 Å². The lowest BCUT2D eigenvalue weighted by atomic mass is 9.90. The van der Waals surface area contributed by atoms with Crippen molar-refractivity contribution in [2.45, 2.75) is 38.7 Å². The van der Waals surface area contributed by atoms with Gasteiger partial charge in [0, 0.05) is 12.3 Å². The maximum Gasteiger partial charge on any atom is 0.0717 e. The summed E-state index contributed by atoms with van der Waals surface area (Å²) < 4.78 is 5.79. The highest BCUT2D eigenvalue weighted by Crippen LogP contribution is 2.24. The SMILES string of the molecule is NNc1cccc(COCC2CCCCC2)c1. The molecule has 1 aliphatic rings. The Morgan fingerprint density at radius 1 is 1.24 bits per heavy atom. The number of nitrogens with one attached hydrogen (secondary N) is 1. The molecule has 0 spiro atoms. The van der Waals surface area contributed by atoms with Crippen LogP contribution in [0.1, 0.15) is 37.7 Å². The van der Waals surface area contributed by atoms with Crippen LogP contribution >= 0.6 is 0 Å². The second-order valence-corrected chi connectivity index (χ2v) is 4.86. The van der Waals surface area contributed by atoms with E-state index in [2.05, 4.69) is 11.5 Å². The normalized spacial score (nSPS) is 17.0. The predicted molar refractivity (Wildman–Crippen MR) is 70.5 cm³/mol. The van der Waals surface area contributed by atoms with E-state index in [-0.39, 0.29) is 0 Å². The Hall–Kier alpha value is -1.06. The van der Waals surface area contributed by atoms with Gasteiger partial charge in [-0.2, -0.15) is 0 Å². The molecule has 1 aromatic rings. The molecule has 94 valence electrons. The van der Waals surface area contributed by atoms with Gasteiger partial charge >= 0.3 is 0 Å². The average Bonchev–Trinajstić information content (AvgIpc) is 2.40. The molecule has 1 saturated carbocycles. The van der Waals surface area contributed by atoms with Crippen molar-refractivity contribution in [2.75, 3.05) is 12.0 Å². The summed E-state index contributed by atoms with van der Waals surface area (Å²) in [5.74, 6) is 6.15. The number of hydrogen-bond donors (Lipinski definition) is 2. The zero-order chi connectivity index (χ0) is 11.9. The Morgan fingerprint density at radius 3 is 2.82 bits per heavy atom. The second-order valence-electron chi connectivity index (χ2n) is 4.86. The minimum absolute atomic E-state index is 0.687. The molecule has 1 aliphatic carbocycles. The van der Waals surface area contributed by atoms with E-state index in [0.29, 0.717) is 6.61 Å².